The van der Waals surface area contributed by atoms with Crippen LogP contribution in [0.4, 0.5) is 14.5 Å². The Hall–Kier alpha value is -2.12. The summed E-state index contributed by atoms with van der Waals surface area (Å²) in [7, 11) is 0. The first-order chi connectivity index (χ1) is 8.38. The molecular weight excluding hydrogens is 250 g/mol. The van der Waals surface area contributed by atoms with Crippen molar-refractivity contribution >= 4 is 11.7 Å². The first-order valence-corrected chi connectivity index (χ1v) is 4.99. The molecule has 0 spiro atoms. The fourth-order valence-electron chi connectivity index (χ4n) is 1.39. The van der Waals surface area contributed by atoms with Gasteiger partial charge in [-0.15, -0.1) is 0 Å². The van der Waals surface area contributed by atoms with E-state index in [4.69, 9.17) is 0 Å². The van der Waals surface area contributed by atoms with Crippen molar-refractivity contribution in [3.05, 3.63) is 33.1 Å². The molecule has 1 rings (SSSR count). The van der Waals surface area contributed by atoms with Crippen LogP contribution < -0.4 is 0 Å². The Morgan fingerprint density at radius 1 is 1.61 bits per heavy atom. The monoisotopic (exact) mass is 260 g/mol. The first kappa shape index (κ1) is 13.9. The highest BCUT2D eigenvalue weighted by atomic mass is 19.3. The second-order valence-electron chi connectivity index (χ2n) is 3.32. The lowest BCUT2D eigenvalue weighted by atomic mass is 10.1. The molecule has 0 saturated heterocycles. The van der Waals surface area contributed by atoms with E-state index in [0.717, 1.165) is 6.07 Å². The number of aromatic nitrogens is 1. The zero-order valence-corrected chi connectivity index (χ0v) is 9.65. The molecular formula is C10H10F2N2O4. The predicted octanol–water partition coefficient (Wildman–Crippen LogP) is 2.41. The minimum Gasteiger partial charge on any atom is -0.461 e. The summed E-state index contributed by atoms with van der Waals surface area (Å²) in [4.78, 5) is 24.8. The van der Waals surface area contributed by atoms with E-state index in [9.17, 15) is 23.7 Å². The topological polar surface area (TPSA) is 82.3 Å². The van der Waals surface area contributed by atoms with Crippen LogP contribution in [0.3, 0.4) is 0 Å². The molecule has 98 valence electrons. The minimum absolute atomic E-state index is 0.0368. The molecule has 6 nitrogen and oxygen atoms in total. The summed E-state index contributed by atoms with van der Waals surface area (Å²) in [6.45, 7) is 2.82. The van der Waals surface area contributed by atoms with Gasteiger partial charge in [-0.1, -0.05) is 0 Å². The quantitative estimate of drug-likeness (QED) is 0.471. The first-order valence-electron chi connectivity index (χ1n) is 4.99. The fourth-order valence-corrected chi connectivity index (χ4v) is 1.39. The average Bonchev–Trinajstić information content (AvgIpc) is 2.27. The molecule has 0 amide bonds. The standard InChI is InChI=1S/C10H10F2N2O4/c1-3-18-10(15)8-7(9(11)12)6(14(16)17)4-5(2)13-8/h4,9H,3H2,1-2H3. The highest BCUT2D eigenvalue weighted by Crippen LogP contribution is 2.32. The van der Waals surface area contributed by atoms with E-state index in [0.29, 0.717) is 0 Å². The zero-order chi connectivity index (χ0) is 13.9. The minimum atomic E-state index is -3.18. The van der Waals surface area contributed by atoms with Crippen molar-refractivity contribution in [2.75, 3.05) is 6.61 Å². The lowest BCUT2D eigenvalue weighted by Gasteiger charge is -2.08. The molecule has 1 heterocycles. The van der Waals surface area contributed by atoms with Crippen LogP contribution in [-0.2, 0) is 4.74 Å². The number of carbonyl (C=O) groups is 1. The lowest BCUT2D eigenvalue weighted by molar-refractivity contribution is -0.386. The highest BCUT2D eigenvalue weighted by molar-refractivity contribution is 5.90. The highest BCUT2D eigenvalue weighted by Gasteiger charge is 2.31. The Morgan fingerprint density at radius 2 is 2.22 bits per heavy atom. The lowest BCUT2D eigenvalue weighted by Crippen LogP contribution is -2.14. The van der Waals surface area contributed by atoms with Gasteiger partial charge in [0.15, 0.2) is 5.69 Å². The Kier molecular flexibility index (Phi) is 4.24. The van der Waals surface area contributed by atoms with Crippen molar-refractivity contribution in [1.82, 2.24) is 4.98 Å². The van der Waals surface area contributed by atoms with E-state index in [2.05, 4.69) is 9.72 Å². The Bertz CT molecular complexity index is 491. The molecule has 0 fully saturated rings. The number of ether oxygens (including phenoxy) is 1. The van der Waals surface area contributed by atoms with Gasteiger partial charge in [0.25, 0.3) is 12.1 Å². The van der Waals surface area contributed by atoms with Gasteiger partial charge in [-0.05, 0) is 13.8 Å². The van der Waals surface area contributed by atoms with Gasteiger partial charge in [-0.25, -0.2) is 18.6 Å². The van der Waals surface area contributed by atoms with Crippen molar-refractivity contribution in [3.63, 3.8) is 0 Å². The van der Waals surface area contributed by atoms with Gasteiger partial charge in [0.2, 0.25) is 0 Å². The summed E-state index contributed by atoms with van der Waals surface area (Å²) < 4.78 is 30.2. The van der Waals surface area contributed by atoms with Crippen molar-refractivity contribution < 1.29 is 23.2 Å². The second-order valence-corrected chi connectivity index (χ2v) is 3.32. The Balaban J connectivity index is 3.48. The maximum absolute atomic E-state index is 12.8. The molecule has 0 N–H and O–H groups in total. The maximum atomic E-state index is 12.8. The number of aryl methyl sites for hydroxylation is 1. The molecule has 0 aliphatic heterocycles. The van der Waals surface area contributed by atoms with E-state index in [-0.39, 0.29) is 12.3 Å². The van der Waals surface area contributed by atoms with Gasteiger partial charge < -0.3 is 4.74 Å². The molecule has 0 radical (unpaired) electrons. The SMILES string of the molecule is CCOC(=O)c1nc(C)cc([N+](=O)[O-])c1C(F)F. The van der Waals surface area contributed by atoms with Crippen LogP contribution in [-0.4, -0.2) is 22.5 Å². The molecule has 0 unspecified atom stereocenters. The van der Waals surface area contributed by atoms with Crippen LogP contribution >= 0.6 is 0 Å². The molecule has 0 bridgehead atoms. The summed E-state index contributed by atoms with van der Waals surface area (Å²) in [5.74, 6) is -1.10. The molecule has 0 aromatic carbocycles. The van der Waals surface area contributed by atoms with Crippen LogP contribution in [0.2, 0.25) is 0 Å². The van der Waals surface area contributed by atoms with E-state index >= 15 is 0 Å². The predicted molar refractivity (Wildman–Crippen MR) is 56.5 cm³/mol. The third kappa shape index (κ3) is 2.76. The molecule has 1 aromatic rings. The van der Waals surface area contributed by atoms with Crippen LogP contribution in [0.5, 0.6) is 0 Å². The van der Waals surface area contributed by atoms with Crippen LogP contribution in [0.1, 0.15) is 35.1 Å². The second kappa shape index (κ2) is 5.48. The smallest absolute Gasteiger partial charge is 0.357 e. The molecule has 0 aliphatic carbocycles. The number of alkyl halides is 2. The summed E-state index contributed by atoms with van der Waals surface area (Å²) in [6, 6.07) is 0.893. The third-order valence-corrected chi connectivity index (χ3v) is 2.05. The summed E-state index contributed by atoms with van der Waals surface area (Å²) in [6.07, 6.45) is -3.18. The summed E-state index contributed by atoms with van der Waals surface area (Å²) in [5.41, 5.74) is -2.46. The Labute approximate surface area is 101 Å². The number of halogens is 2. The number of rotatable bonds is 4. The molecule has 0 saturated carbocycles. The zero-order valence-electron chi connectivity index (χ0n) is 9.65. The third-order valence-electron chi connectivity index (χ3n) is 2.05. The van der Waals surface area contributed by atoms with E-state index < -0.39 is 34.3 Å². The maximum Gasteiger partial charge on any atom is 0.357 e. The van der Waals surface area contributed by atoms with E-state index in [1.807, 2.05) is 0 Å². The number of pyridine rings is 1. The number of hydrogen-bond acceptors (Lipinski definition) is 5. The number of esters is 1. The van der Waals surface area contributed by atoms with Gasteiger partial charge in [0.1, 0.15) is 5.56 Å². The molecule has 8 heteroatoms. The number of carbonyl (C=O) groups excluding carboxylic acids is 1. The van der Waals surface area contributed by atoms with Crippen molar-refractivity contribution in [2.24, 2.45) is 0 Å². The van der Waals surface area contributed by atoms with Crippen LogP contribution in [0.15, 0.2) is 6.07 Å². The van der Waals surface area contributed by atoms with Crippen molar-refractivity contribution in [3.8, 4) is 0 Å². The summed E-state index contributed by atoms with van der Waals surface area (Å²) in [5, 5.41) is 10.7. The molecule has 1 aromatic heterocycles. The van der Waals surface area contributed by atoms with Gasteiger partial charge >= 0.3 is 5.97 Å². The van der Waals surface area contributed by atoms with Crippen LogP contribution in [0, 0.1) is 17.0 Å². The number of nitrogens with zero attached hydrogens (tertiary/aromatic N) is 2. The van der Waals surface area contributed by atoms with E-state index in [1.54, 1.807) is 0 Å². The van der Waals surface area contributed by atoms with E-state index in [1.165, 1.54) is 13.8 Å². The van der Waals surface area contributed by atoms with Crippen molar-refractivity contribution in [1.29, 1.82) is 0 Å². The van der Waals surface area contributed by atoms with Gasteiger partial charge in [-0.3, -0.25) is 10.1 Å². The Morgan fingerprint density at radius 3 is 2.67 bits per heavy atom. The average molecular weight is 260 g/mol. The van der Waals surface area contributed by atoms with Gasteiger partial charge in [-0.2, -0.15) is 0 Å². The van der Waals surface area contributed by atoms with Gasteiger partial charge in [0, 0.05) is 11.8 Å². The molecule has 18 heavy (non-hydrogen) atoms. The number of hydrogen-bond donors (Lipinski definition) is 0. The molecule has 0 aliphatic rings. The number of nitro groups is 1. The fraction of sp³-hybridized carbons (Fsp3) is 0.400. The largest absolute Gasteiger partial charge is 0.461 e. The van der Waals surface area contributed by atoms with Crippen LogP contribution in [0.25, 0.3) is 0 Å². The summed E-state index contributed by atoms with van der Waals surface area (Å²) >= 11 is 0. The normalized spacial score (nSPS) is 10.5. The van der Waals surface area contributed by atoms with Crippen molar-refractivity contribution in [2.45, 2.75) is 20.3 Å². The molecule has 0 atom stereocenters. The van der Waals surface area contributed by atoms with Gasteiger partial charge in [0.05, 0.1) is 11.5 Å².